The Morgan fingerprint density at radius 3 is 3.06 bits per heavy atom. The van der Waals surface area contributed by atoms with Crippen LogP contribution in [0.15, 0.2) is 18.2 Å². The van der Waals surface area contributed by atoms with Crippen molar-refractivity contribution in [2.75, 3.05) is 23.8 Å². The molecule has 0 saturated carbocycles. The van der Waals surface area contributed by atoms with Crippen molar-refractivity contribution in [1.82, 2.24) is 0 Å². The van der Waals surface area contributed by atoms with Crippen LogP contribution in [0.2, 0.25) is 0 Å². The zero-order valence-corrected chi connectivity index (χ0v) is 9.12. The van der Waals surface area contributed by atoms with E-state index < -0.39 is 5.54 Å². The molecule has 2 heterocycles. The minimum atomic E-state index is -0.666. The van der Waals surface area contributed by atoms with Crippen LogP contribution < -0.4 is 10.6 Å². The van der Waals surface area contributed by atoms with Gasteiger partial charge in [-0.25, -0.2) is 0 Å². The summed E-state index contributed by atoms with van der Waals surface area (Å²) in [6.45, 7) is 0.947. The minimum absolute atomic E-state index is 0.120. The molecule has 5 nitrogen and oxygen atoms in total. The third-order valence-electron chi connectivity index (χ3n) is 3.25. The third kappa shape index (κ3) is 1.38. The molecule has 86 valence electrons. The van der Waals surface area contributed by atoms with Gasteiger partial charge in [0, 0.05) is 13.0 Å². The first-order valence-corrected chi connectivity index (χ1v) is 5.46. The number of fused-ring (bicyclic) bond motifs is 1. The lowest BCUT2D eigenvalue weighted by Crippen LogP contribution is -2.53. The number of anilines is 2. The molecule has 0 aliphatic carbocycles. The van der Waals surface area contributed by atoms with Gasteiger partial charge in [0.1, 0.15) is 11.6 Å². The fraction of sp³-hybridized carbons (Fsp3) is 0.333. The average molecular weight is 229 g/mol. The summed E-state index contributed by atoms with van der Waals surface area (Å²) >= 11 is 0. The molecule has 2 N–H and O–H groups in total. The van der Waals surface area contributed by atoms with E-state index in [1.54, 1.807) is 12.1 Å². The highest BCUT2D eigenvalue weighted by Crippen LogP contribution is 2.36. The van der Waals surface area contributed by atoms with E-state index in [1.807, 2.05) is 6.07 Å². The van der Waals surface area contributed by atoms with Gasteiger partial charge in [0.2, 0.25) is 0 Å². The standard InChI is InChI=1S/C12H11N3O2/c13-6-8-2-1-3-9-10(8)14-11(16)12(15-9)4-5-17-7-12/h1-3,15H,4-5,7H2,(H,14,16). The molecular formula is C12H11N3O2. The number of benzene rings is 1. The summed E-state index contributed by atoms with van der Waals surface area (Å²) in [5, 5.41) is 15.0. The number of carbonyl (C=O) groups excluding carboxylic acids is 1. The van der Waals surface area contributed by atoms with Gasteiger partial charge in [-0.2, -0.15) is 5.26 Å². The van der Waals surface area contributed by atoms with Gasteiger partial charge in [-0.1, -0.05) is 6.07 Å². The topological polar surface area (TPSA) is 74.2 Å². The molecule has 0 aromatic heterocycles. The Bertz CT molecular complexity index is 527. The molecule has 5 heteroatoms. The van der Waals surface area contributed by atoms with Crippen LogP contribution in [-0.4, -0.2) is 24.7 Å². The van der Waals surface area contributed by atoms with Crippen molar-refractivity contribution < 1.29 is 9.53 Å². The van der Waals surface area contributed by atoms with E-state index in [0.717, 1.165) is 5.69 Å². The molecule has 0 radical (unpaired) electrons. The fourth-order valence-electron chi connectivity index (χ4n) is 2.27. The number of nitrogens with zero attached hydrogens (tertiary/aromatic N) is 1. The highest BCUT2D eigenvalue weighted by molar-refractivity contribution is 6.07. The van der Waals surface area contributed by atoms with Crippen LogP contribution in [0.3, 0.4) is 0 Å². The number of ether oxygens (including phenoxy) is 1. The van der Waals surface area contributed by atoms with Gasteiger partial charge in [0.05, 0.1) is 23.5 Å². The maximum absolute atomic E-state index is 12.1. The van der Waals surface area contributed by atoms with E-state index in [1.165, 1.54) is 0 Å². The van der Waals surface area contributed by atoms with E-state index in [0.29, 0.717) is 30.9 Å². The molecular weight excluding hydrogens is 218 g/mol. The quantitative estimate of drug-likeness (QED) is 0.698. The van der Waals surface area contributed by atoms with Gasteiger partial charge in [-0.15, -0.1) is 0 Å². The van der Waals surface area contributed by atoms with E-state index in [4.69, 9.17) is 10.00 Å². The Balaban J connectivity index is 2.07. The molecule has 0 bridgehead atoms. The Morgan fingerprint density at radius 1 is 1.47 bits per heavy atom. The first-order chi connectivity index (χ1) is 8.25. The predicted octanol–water partition coefficient (Wildman–Crippen LogP) is 1.08. The van der Waals surface area contributed by atoms with Crippen molar-refractivity contribution in [2.45, 2.75) is 12.0 Å². The summed E-state index contributed by atoms with van der Waals surface area (Å²) in [6.07, 6.45) is 0.648. The second-order valence-corrected chi connectivity index (χ2v) is 4.30. The molecule has 1 fully saturated rings. The van der Waals surface area contributed by atoms with E-state index in [2.05, 4.69) is 16.7 Å². The van der Waals surface area contributed by atoms with E-state index >= 15 is 0 Å². The smallest absolute Gasteiger partial charge is 0.252 e. The lowest BCUT2D eigenvalue weighted by molar-refractivity contribution is -0.120. The van der Waals surface area contributed by atoms with Gasteiger partial charge < -0.3 is 15.4 Å². The molecule has 1 saturated heterocycles. The molecule has 1 aromatic rings. The van der Waals surface area contributed by atoms with Crippen molar-refractivity contribution in [3.8, 4) is 6.07 Å². The van der Waals surface area contributed by atoms with Gasteiger partial charge in [0.15, 0.2) is 0 Å². The fourth-order valence-corrected chi connectivity index (χ4v) is 2.27. The molecule has 2 aliphatic heterocycles. The summed E-state index contributed by atoms with van der Waals surface area (Å²) < 4.78 is 5.29. The summed E-state index contributed by atoms with van der Waals surface area (Å²) in [6, 6.07) is 7.41. The second kappa shape index (κ2) is 3.47. The Hall–Kier alpha value is -2.06. The van der Waals surface area contributed by atoms with Crippen LogP contribution in [0.25, 0.3) is 0 Å². The molecule has 17 heavy (non-hydrogen) atoms. The largest absolute Gasteiger partial charge is 0.378 e. The van der Waals surface area contributed by atoms with Crippen molar-refractivity contribution in [1.29, 1.82) is 5.26 Å². The van der Waals surface area contributed by atoms with Crippen molar-refractivity contribution in [3.63, 3.8) is 0 Å². The Labute approximate surface area is 98.4 Å². The minimum Gasteiger partial charge on any atom is -0.378 e. The normalized spacial score (nSPS) is 25.9. The van der Waals surface area contributed by atoms with Crippen molar-refractivity contribution >= 4 is 17.3 Å². The third-order valence-corrected chi connectivity index (χ3v) is 3.25. The summed E-state index contributed by atoms with van der Waals surface area (Å²) in [5.41, 5.74) is 1.16. The molecule has 1 atom stereocenters. The maximum atomic E-state index is 12.1. The SMILES string of the molecule is N#Cc1cccc2c1NC(=O)C1(CCOC1)N2. The van der Waals surface area contributed by atoms with Crippen LogP contribution >= 0.6 is 0 Å². The van der Waals surface area contributed by atoms with Crippen LogP contribution in [-0.2, 0) is 9.53 Å². The van der Waals surface area contributed by atoms with Gasteiger partial charge in [0.25, 0.3) is 5.91 Å². The highest BCUT2D eigenvalue weighted by atomic mass is 16.5. The average Bonchev–Trinajstić information content (AvgIpc) is 2.80. The Kier molecular flexibility index (Phi) is 2.06. The van der Waals surface area contributed by atoms with Crippen LogP contribution in [0.1, 0.15) is 12.0 Å². The maximum Gasteiger partial charge on any atom is 0.252 e. The van der Waals surface area contributed by atoms with Gasteiger partial charge in [-0.05, 0) is 12.1 Å². The molecule has 3 rings (SSSR count). The predicted molar refractivity (Wildman–Crippen MR) is 61.6 cm³/mol. The first-order valence-electron chi connectivity index (χ1n) is 5.46. The zero-order valence-electron chi connectivity index (χ0n) is 9.12. The van der Waals surface area contributed by atoms with Crippen molar-refractivity contribution in [2.24, 2.45) is 0 Å². The highest BCUT2D eigenvalue weighted by Gasteiger charge is 2.45. The number of rotatable bonds is 0. The summed E-state index contributed by atoms with van der Waals surface area (Å²) in [5.74, 6) is -0.120. The first kappa shape index (κ1) is 10.1. The van der Waals surface area contributed by atoms with E-state index in [9.17, 15) is 4.79 Å². The summed E-state index contributed by atoms with van der Waals surface area (Å²) in [7, 11) is 0. The number of carbonyl (C=O) groups is 1. The molecule has 2 aliphatic rings. The molecule has 1 spiro atoms. The number of hydrogen-bond donors (Lipinski definition) is 2. The molecule has 1 unspecified atom stereocenters. The molecule has 1 aromatic carbocycles. The summed E-state index contributed by atoms with van der Waals surface area (Å²) in [4.78, 5) is 12.1. The number of nitriles is 1. The number of nitrogens with one attached hydrogen (secondary N) is 2. The van der Waals surface area contributed by atoms with Crippen LogP contribution in [0.5, 0.6) is 0 Å². The van der Waals surface area contributed by atoms with Crippen LogP contribution in [0.4, 0.5) is 11.4 Å². The van der Waals surface area contributed by atoms with Gasteiger partial charge in [-0.3, -0.25) is 4.79 Å². The monoisotopic (exact) mass is 229 g/mol. The Morgan fingerprint density at radius 2 is 2.35 bits per heavy atom. The van der Waals surface area contributed by atoms with Gasteiger partial charge >= 0.3 is 0 Å². The second-order valence-electron chi connectivity index (χ2n) is 4.30. The van der Waals surface area contributed by atoms with E-state index in [-0.39, 0.29) is 5.91 Å². The molecule has 1 amide bonds. The lowest BCUT2D eigenvalue weighted by atomic mass is 9.93. The zero-order chi connectivity index (χ0) is 11.9. The number of hydrogen-bond acceptors (Lipinski definition) is 4. The number of amides is 1. The van der Waals surface area contributed by atoms with Crippen molar-refractivity contribution in [3.05, 3.63) is 23.8 Å². The lowest BCUT2D eigenvalue weighted by Gasteiger charge is -2.34. The number of para-hydroxylation sites is 1. The van der Waals surface area contributed by atoms with Crippen LogP contribution in [0, 0.1) is 11.3 Å².